The molecule has 0 aromatic rings. The lowest BCUT2D eigenvalue weighted by Crippen LogP contribution is -2.65. The first-order valence-electron chi connectivity index (χ1n) is 38.4. The van der Waals surface area contributed by atoms with Crippen molar-refractivity contribution in [3.8, 4) is 0 Å². The zero-order valence-corrected chi connectivity index (χ0v) is 57.7. The number of hydrogen-bond donors (Lipinski definition) is 9. The van der Waals surface area contributed by atoms with Crippen LogP contribution in [0.3, 0.4) is 0 Å². The van der Waals surface area contributed by atoms with Crippen LogP contribution >= 0.6 is 0 Å². The molecule has 0 saturated carbocycles. The van der Waals surface area contributed by atoms with Gasteiger partial charge in [0, 0.05) is 6.42 Å². The molecular weight excluding hydrogens is 1120 g/mol. The van der Waals surface area contributed by atoms with Crippen LogP contribution in [-0.2, 0) is 23.7 Å². The van der Waals surface area contributed by atoms with Gasteiger partial charge in [0.2, 0.25) is 5.91 Å². The average molecular weight is 1270 g/mol. The Kier molecular flexibility index (Phi) is 56.9. The molecule has 0 aliphatic carbocycles. The fraction of sp³-hybridized carbons (Fsp3) is 0.960. The second kappa shape index (κ2) is 60.4. The van der Waals surface area contributed by atoms with E-state index in [1.54, 1.807) is 6.08 Å². The van der Waals surface area contributed by atoms with Gasteiger partial charge in [0.15, 0.2) is 12.6 Å². The normalized spacial score (nSPS) is 23.0. The van der Waals surface area contributed by atoms with Crippen molar-refractivity contribution in [3.05, 3.63) is 12.2 Å². The summed E-state index contributed by atoms with van der Waals surface area (Å²) in [4.78, 5) is 13.4. The Bertz CT molecular complexity index is 1540. The molecule has 2 aliphatic heterocycles. The fourth-order valence-electron chi connectivity index (χ4n) is 13.1. The molecule has 0 aromatic carbocycles. The summed E-state index contributed by atoms with van der Waals surface area (Å²) >= 11 is 0. The predicted molar refractivity (Wildman–Crippen MR) is 365 cm³/mol. The maximum absolute atomic E-state index is 13.4. The van der Waals surface area contributed by atoms with Crippen LogP contribution in [0.2, 0.25) is 0 Å². The molecule has 2 heterocycles. The van der Waals surface area contributed by atoms with Crippen molar-refractivity contribution in [2.75, 3.05) is 19.8 Å². The smallest absolute Gasteiger partial charge is 0.220 e. The zero-order chi connectivity index (χ0) is 64.5. The lowest BCUT2D eigenvalue weighted by molar-refractivity contribution is -0.359. The molecule has 528 valence electrons. The third-order valence-corrected chi connectivity index (χ3v) is 19.2. The van der Waals surface area contributed by atoms with Crippen molar-refractivity contribution >= 4 is 5.91 Å². The van der Waals surface area contributed by atoms with Crippen LogP contribution in [0.5, 0.6) is 0 Å². The second-order valence-electron chi connectivity index (χ2n) is 27.5. The average Bonchev–Trinajstić information content (AvgIpc) is 1.31. The molecular formula is C75H145NO13. The Morgan fingerprint density at radius 2 is 0.697 bits per heavy atom. The molecule has 14 heteroatoms. The van der Waals surface area contributed by atoms with Crippen LogP contribution in [0, 0.1) is 0 Å². The first-order valence-corrected chi connectivity index (χ1v) is 38.4. The number of aliphatic hydroxyl groups is 8. The molecule has 14 nitrogen and oxygen atoms in total. The van der Waals surface area contributed by atoms with Gasteiger partial charge in [-0.15, -0.1) is 0 Å². The van der Waals surface area contributed by atoms with Gasteiger partial charge in [0.1, 0.15) is 48.8 Å². The number of hydrogen-bond acceptors (Lipinski definition) is 13. The summed E-state index contributed by atoms with van der Waals surface area (Å²) in [6, 6.07) is -0.912. The van der Waals surface area contributed by atoms with Gasteiger partial charge in [-0.2, -0.15) is 0 Å². The van der Waals surface area contributed by atoms with Gasteiger partial charge in [0.05, 0.1) is 32.0 Å². The topological polar surface area (TPSA) is 228 Å². The highest BCUT2D eigenvalue weighted by Gasteiger charge is 2.51. The van der Waals surface area contributed by atoms with E-state index in [0.717, 1.165) is 44.9 Å². The van der Waals surface area contributed by atoms with Crippen molar-refractivity contribution in [1.29, 1.82) is 0 Å². The number of allylic oxidation sites excluding steroid dienone is 1. The summed E-state index contributed by atoms with van der Waals surface area (Å²) in [5.74, 6) is -0.229. The number of ether oxygens (including phenoxy) is 4. The van der Waals surface area contributed by atoms with E-state index in [1.165, 1.54) is 302 Å². The first-order chi connectivity index (χ1) is 43.6. The minimum atomic E-state index is -1.79. The first kappa shape index (κ1) is 83.8. The molecule has 2 fully saturated rings. The van der Waals surface area contributed by atoms with Gasteiger partial charge < -0.3 is 65.1 Å². The van der Waals surface area contributed by atoms with Gasteiger partial charge >= 0.3 is 0 Å². The quantitative estimate of drug-likeness (QED) is 0.0204. The largest absolute Gasteiger partial charge is 0.394 e. The highest BCUT2D eigenvalue weighted by molar-refractivity contribution is 5.76. The van der Waals surface area contributed by atoms with Crippen LogP contribution < -0.4 is 5.32 Å². The SMILES string of the molecule is CCCCCCCCCCCCCCCCCCCCCC/C=C/C(O)C(COC1OC(CO)C(OC2OC(CO)C(O)C(O)C2O)C(O)C1O)NC(=O)CCCCCCCCCCCCCCCCCCCCCCCCCCCCCCCCCCC. The van der Waals surface area contributed by atoms with Crippen molar-refractivity contribution in [2.45, 2.75) is 441 Å². The van der Waals surface area contributed by atoms with E-state index in [9.17, 15) is 45.6 Å². The lowest BCUT2D eigenvalue weighted by atomic mass is 9.97. The Balaban J connectivity index is 1.61. The number of carbonyl (C=O) groups is 1. The highest BCUT2D eigenvalue weighted by atomic mass is 16.7. The molecule has 12 atom stereocenters. The van der Waals surface area contributed by atoms with E-state index in [1.807, 2.05) is 6.08 Å². The van der Waals surface area contributed by atoms with Crippen LogP contribution in [0.4, 0.5) is 0 Å². The standard InChI is InChI=1S/C75H145NO13/c1-3-5-7-9-11-13-15-17-19-21-23-25-27-28-29-30-31-32-33-34-35-36-37-39-41-43-45-47-49-51-53-55-57-59-67(80)76-63(62-86-74-72(85)70(83)73(66(61-78)88-74)89-75-71(84)69(82)68(81)65(60-77)87-75)64(79)58-56-54-52-50-48-46-44-42-40-38-26-24-22-20-18-16-14-12-10-8-6-4-2/h56,58,63-66,68-75,77-79,81-85H,3-55,57,59-62H2,1-2H3,(H,76,80)/b58-56+. The molecule has 2 saturated heterocycles. The maximum Gasteiger partial charge on any atom is 0.220 e. The van der Waals surface area contributed by atoms with Gasteiger partial charge in [-0.05, 0) is 19.3 Å². The van der Waals surface area contributed by atoms with Crippen LogP contribution in [0.15, 0.2) is 12.2 Å². The Labute approximate surface area is 546 Å². The van der Waals surface area contributed by atoms with Gasteiger partial charge in [-0.1, -0.05) is 353 Å². The molecule has 0 spiro atoms. The van der Waals surface area contributed by atoms with Gasteiger partial charge in [-0.25, -0.2) is 0 Å². The van der Waals surface area contributed by atoms with Crippen LogP contribution in [0.25, 0.3) is 0 Å². The summed E-state index contributed by atoms with van der Waals surface area (Å²) in [5, 5.41) is 87.6. The Morgan fingerprint density at radius 1 is 0.393 bits per heavy atom. The van der Waals surface area contributed by atoms with Crippen molar-refractivity contribution in [1.82, 2.24) is 5.32 Å². The summed E-state index contributed by atoms with van der Waals surface area (Å²) in [6.45, 7) is 2.87. The molecule has 2 rings (SSSR count). The summed E-state index contributed by atoms with van der Waals surface area (Å²) < 4.78 is 22.9. The Morgan fingerprint density at radius 3 is 1.03 bits per heavy atom. The molecule has 0 aromatic heterocycles. The molecule has 12 unspecified atom stereocenters. The maximum atomic E-state index is 13.4. The third kappa shape index (κ3) is 44.2. The molecule has 1 amide bonds. The molecule has 0 bridgehead atoms. The van der Waals surface area contributed by atoms with Crippen LogP contribution in [-0.4, -0.2) is 140 Å². The highest BCUT2D eigenvalue weighted by Crippen LogP contribution is 2.30. The van der Waals surface area contributed by atoms with Crippen molar-refractivity contribution < 1.29 is 64.6 Å². The number of nitrogens with one attached hydrogen (secondary N) is 1. The fourth-order valence-corrected chi connectivity index (χ4v) is 13.1. The molecule has 89 heavy (non-hydrogen) atoms. The van der Waals surface area contributed by atoms with Crippen LogP contribution in [0.1, 0.15) is 367 Å². The third-order valence-electron chi connectivity index (χ3n) is 19.2. The van der Waals surface area contributed by atoms with Crippen molar-refractivity contribution in [3.63, 3.8) is 0 Å². The summed E-state index contributed by atoms with van der Waals surface area (Å²) in [7, 11) is 0. The minimum Gasteiger partial charge on any atom is -0.394 e. The number of unbranched alkanes of at least 4 members (excludes halogenated alkanes) is 52. The van der Waals surface area contributed by atoms with E-state index in [-0.39, 0.29) is 18.9 Å². The monoisotopic (exact) mass is 1270 g/mol. The molecule has 9 N–H and O–H groups in total. The van der Waals surface area contributed by atoms with E-state index in [2.05, 4.69) is 19.2 Å². The van der Waals surface area contributed by atoms with Gasteiger partial charge in [-0.3, -0.25) is 4.79 Å². The van der Waals surface area contributed by atoms with Crippen molar-refractivity contribution in [2.24, 2.45) is 0 Å². The number of aliphatic hydroxyl groups excluding tert-OH is 8. The van der Waals surface area contributed by atoms with E-state index in [0.29, 0.717) is 0 Å². The van der Waals surface area contributed by atoms with E-state index >= 15 is 0 Å². The number of rotatable bonds is 65. The summed E-state index contributed by atoms with van der Waals surface area (Å²) in [5.41, 5.74) is 0. The Hall–Kier alpha value is -1.27. The molecule has 2 aliphatic rings. The van der Waals surface area contributed by atoms with E-state index in [4.69, 9.17) is 18.9 Å². The molecule has 0 radical (unpaired) electrons. The second-order valence-corrected chi connectivity index (χ2v) is 27.5. The number of carbonyl (C=O) groups excluding carboxylic acids is 1. The van der Waals surface area contributed by atoms with Gasteiger partial charge in [0.25, 0.3) is 0 Å². The lowest BCUT2D eigenvalue weighted by Gasteiger charge is -2.46. The zero-order valence-electron chi connectivity index (χ0n) is 57.7. The predicted octanol–water partition coefficient (Wildman–Crippen LogP) is 16.5. The summed E-state index contributed by atoms with van der Waals surface area (Å²) in [6.07, 6.45) is 58.6. The van der Waals surface area contributed by atoms with E-state index < -0.39 is 86.8 Å². The minimum absolute atomic E-state index is 0.229. The number of amides is 1.